The molecule has 1 aliphatic rings. The molecule has 1 aromatic rings. The highest BCUT2D eigenvalue weighted by Crippen LogP contribution is 2.48. The van der Waals surface area contributed by atoms with Gasteiger partial charge in [0, 0.05) is 5.41 Å². The molecule has 2 rings (SSSR count). The molecule has 1 N–H and O–H groups in total. The van der Waals surface area contributed by atoms with Gasteiger partial charge >= 0.3 is 0 Å². The number of allylic oxidation sites excluding steroid dienone is 2. The van der Waals surface area contributed by atoms with Crippen molar-refractivity contribution in [2.45, 2.75) is 60.0 Å². The van der Waals surface area contributed by atoms with Crippen LogP contribution in [0.5, 0.6) is 0 Å². The van der Waals surface area contributed by atoms with Crippen molar-refractivity contribution in [1.82, 2.24) is 0 Å². The van der Waals surface area contributed by atoms with E-state index in [0.29, 0.717) is 6.42 Å². The molecule has 1 aliphatic carbocycles. The number of aliphatic hydroxyl groups is 1. The summed E-state index contributed by atoms with van der Waals surface area (Å²) < 4.78 is 0. The van der Waals surface area contributed by atoms with Crippen molar-refractivity contribution >= 4 is 11.4 Å². The molecular formula is C20H25NO2. The molecule has 0 unspecified atom stereocenters. The molecule has 0 spiro atoms. The number of Topliss-reactive ketones (excluding diaryl/α,β-unsaturated/α-hetero) is 1. The smallest absolute Gasteiger partial charge is 0.178 e. The van der Waals surface area contributed by atoms with Crippen LogP contribution in [0.25, 0.3) is 5.57 Å². The third-order valence-corrected chi connectivity index (χ3v) is 4.64. The number of aryl methyl sites for hydroxylation is 1. The van der Waals surface area contributed by atoms with Crippen LogP contribution in [0, 0.1) is 23.7 Å². The Labute approximate surface area is 138 Å². The van der Waals surface area contributed by atoms with Gasteiger partial charge in [-0.05, 0) is 46.6 Å². The standard InChI is InChI=1S/C20H25NO2/c1-12-7-14-15(16(10-21)18(23)19(2,3)4)9-20(5,6)17(14)8-13(12)11-22/h7-8,22H,9,11H2,1-6H3/b16-15+. The minimum absolute atomic E-state index is 0.000268. The Morgan fingerprint density at radius 1 is 1.35 bits per heavy atom. The van der Waals surface area contributed by atoms with Crippen molar-refractivity contribution in [3.63, 3.8) is 0 Å². The minimum atomic E-state index is -0.578. The van der Waals surface area contributed by atoms with Crippen LogP contribution in [-0.2, 0) is 16.8 Å². The number of aliphatic hydroxyl groups excluding tert-OH is 1. The van der Waals surface area contributed by atoms with Gasteiger partial charge in [-0.15, -0.1) is 0 Å². The second kappa shape index (κ2) is 5.62. The van der Waals surface area contributed by atoms with Crippen molar-refractivity contribution in [2.75, 3.05) is 0 Å². The van der Waals surface area contributed by atoms with E-state index in [1.807, 2.05) is 39.8 Å². The average molecular weight is 311 g/mol. The number of carbonyl (C=O) groups excluding carboxylic acids is 1. The van der Waals surface area contributed by atoms with Gasteiger partial charge in [0.2, 0.25) is 0 Å². The van der Waals surface area contributed by atoms with E-state index in [-0.39, 0.29) is 23.4 Å². The van der Waals surface area contributed by atoms with Crippen molar-refractivity contribution in [2.24, 2.45) is 5.41 Å². The van der Waals surface area contributed by atoms with Gasteiger partial charge in [-0.25, -0.2) is 0 Å². The zero-order valence-electron chi connectivity index (χ0n) is 14.9. The van der Waals surface area contributed by atoms with Gasteiger partial charge in [0.05, 0.1) is 12.2 Å². The molecule has 1 aromatic carbocycles. The normalized spacial score (nSPS) is 18.3. The largest absolute Gasteiger partial charge is 0.392 e. The van der Waals surface area contributed by atoms with Crippen molar-refractivity contribution in [3.8, 4) is 6.07 Å². The summed E-state index contributed by atoms with van der Waals surface area (Å²) in [7, 11) is 0. The molecule has 0 heterocycles. The van der Waals surface area contributed by atoms with Crippen LogP contribution in [0.15, 0.2) is 17.7 Å². The zero-order valence-corrected chi connectivity index (χ0v) is 14.9. The lowest BCUT2D eigenvalue weighted by Crippen LogP contribution is -2.22. The molecule has 0 saturated carbocycles. The van der Waals surface area contributed by atoms with E-state index in [1.165, 1.54) is 0 Å². The maximum atomic E-state index is 12.7. The van der Waals surface area contributed by atoms with Crippen LogP contribution in [-0.4, -0.2) is 10.9 Å². The molecule has 0 aromatic heterocycles. The second-order valence-corrected chi connectivity index (χ2v) is 8.09. The molecule has 122 valence electrons. The van der Waals surface area contributed by atoms with Crippen LogP contribution in [0.4, 0.5) is 0 Å². The van der Waals surface area contributed by atoms with E-state index in [2.05, 4.69) is 19.9 Å². The van der Waals surface area contributed by atoms with Gasteiger partial charge in [-0.2, -0.15) is 5.26 Å². The number of nitriles is 1. The summed E-state index contributed by atoms with van der Waals surface area (Å²) in [6.45, 7) is 11.7. The molecule has 0 atom stereocenters. The Hall–Kier alpha value is -1.92. The van der Waals surface area contributed by atoms with Crippen LogP contribution in [0.3, 0.4) is 0 Å². The van der Waals surface area contributed by atoms with Crippen LogP contribution < -0.4 is 0 Å². The topological polar surface area (TPSA) is 61.1 Å². The average Bonchev–Trinajstić information content (AvgIpc) is 2.69. The first kappa shape index (κ1) is 17.4. The number of benzene rings is 1. The van der Waals surface area contributed by atoms with E-state index in [1.54, 1.807) is 0 Å². The van der Waals surface area contributed by atoms with Gasteiger partial charge < -0.3 is 5.11 Å². The maximum Gasteiger partial charge on any atom is 0.178 e. The SMILES string of the molecule is Cc1cc2c(cc1CO)C(C)(C)C/C2=C(/C#N)C(=O)C(C)(C)C. The number of ketones is 1. The molecule has 23 heavy (non-hydrogen) atoms. The summed E-state index contributed by atoms with van der Waals surface area (Å²) >= 11 is 0. The lowest BCUT2D eigenvalue weighted by atomic mass is 9.83. The van der Waals surface area contributed by atoms with Crippen LogP contribution >= 0.6 is 0 Å². The summed E-state index contributed by atoms with van der Waals surface area (Å²) in [5.74, 6) is -0.109. The molecular weight excluding hydrogens is 286 g/mol. The Bertz CT molecular complexity index is 740. The second-order valence-electron chi connectivity index (χ2n) is 8.09. The highest BCUT2D eigenvalue weighted by atomic mass is 16.3. The lowest BCUT2D eigenvalue weighted by Gasteiger charge is -2.19. The summed E-state index contributed by atoms with van der Waals surface area (Å²) in [6, 6.07) is 6.19. The highest BCUT2D eigenvalue weighted by molar-refractivity contribution is 6.09. The third-order valence-electron chi connectivity index (χ3n) is 4.64. The fourth-order valence-electron chi connectivity index (χ4n) is 3.22. The van der Waals surface area contributed by atoms with Crippen molar-refractivity contribution in [3.05, 3.63) is 40.0 Å². The maximum absolute atomic E-state index is 12.7. The first-order valence-corrected chi connectivity index (χ1v) is 7.96. The number of rotatable bonds is 2. The third kappa shape index (κ3) is 2.96. The first-order valence-electron chi connectivity index (χ1n) is 7.96. The molecule has 3 heteroatoms. The Balaban J connectivity index is 2.75. The van der Waals surface area contributed by atoms with Crippen molar-refractivity contribution in [1.29, 1.82) is 5.26 Å². The predicted octanol–water partition coefficient (Wildman–Crippen LogP) is 4.06. The number of nitrogens with zero attached hydrogens (tertiary/aromatic N) is 1. The molecule has 0 fully saturated rings. The number of hydrogen-bond acceptors (Lipinski definition) is 3. The Morgan fingerprint density at radius 3 is 2.43 bits per heavy atom. The minimum Gasteiger partial charge on any atom is -0.392 e. The van der Waals surface area contributed by atoms with Gasteiger partial charge in [0.25, 0.3) is 0 Å². The zero-order chi connectivity index (χ0) is 17.6. The van der Waals surface area contributed by atoms with Gasteiger partial charge in [0.1, 0.15) is 6.07 Å². The van der Waals surface area contributed by atoms with Crippen LogP contribution in [0.2, 0.25) is 0 Å². The molecule has 0 amide bonds. The summed E-state index contributed by atoms with van der Waals surface area (Å²) in [5, 5.41) is 19.1. The Morgan fingerprint density at radius 2 is 1.96 bits per heavy atom. The monoisotopic (exact) mass is 311 g/mol. The number of hydrogen-bond donors (Lipinski definition) is 1. The van der Waals surface area contributed by atoms with Crippen LogP contribution in [0.1, 0.15) is 63.3 Å². The quantitative estimate of drug-likeness (QED) is 0.662. The molecule has 3 nitrogen and oxygen atoms in total. The molecule has 0 aliphatic heterocycles. The summed E-state index contributed by atoms with van der Waals surface area (Å²) in [4.78, 5) is 12.7. The molecule has 0 radical (unpaired) electrons. The first-order chi connectivity index (χ1) is 10.5. The summed E-state index contributed by atoms with van der Waals surface area (Å²) in [5.41, 5.74) is 4.38. The Kier molecular flexibility index (Phi) is 4.26. The van der Waals surface area contributed by atoms with E-state index < -0.39 is 5.41 Å². The number of fused-ring (bicyclic) bond motifs is 1. The number of carbonyl (C=O) groups is 1. The van der Waals surface area contributed by atoms with E-state index in [4.69, 9.17) is 0 Å². The van der Waals surface area contributed by atoms with Gasteiger partial charge in [-0.1, -0.05) is 46.8 Å². The fourth-order valence-corrected chi connectivity index (χ4v) is 3.22. The fraction of sp³-hybridized carbons (Fsp3) is 0.500. The summed E-state index contributed by atoms with van der Waals surface area (Å²) in [6.07, 6.45) is 0.668. The van der Waals surface area contributed by atoms with Gasteiger partial charge in [0.15, 0.2) is 5.78 Å². The van der Waals surface area contributed by atoms with E-state index in [9.17, 15) is 15.2 Å². The predicted molar refractivity (Wildman–Crippen MR) is 91.7 cm³/mol. The molecule has 0 saturated heterocycles. The molecule has 0 bridgehead atoms. The van der Waals surface area contributed by atoms with E-state index in [0.717, 1.165) is 27.8 Å². The lowest BCUT2D eigenvalue weighted by molar-refractivity contribution is -0.122. The van der Waals surface area contributed by atoms with Crippen molar-refractivity contribution < 1.29 is 9.90 Å². The van der Waals surface area contributed by atoms with E-state index >= 15 is 0 Å². The van der Waals surface area contributed by atoms with Gasteiger partial charge in [-0.3, -0.25) is 4.79 Å². The highest BCUT2D eigenvalue weighted by Gasteiger charge is 2.38.